The van der Waals surface area contributed by atoms with Crippen LogP contribution in [0.2, 0.25) is 0 Å². The third-order valence-corrected chi connectivity index (χ3v) is 4.96. The Bertz CT molecular complexity index is 1200. The van der Waals surface area contributed by atoms with Crippen molar-refractivity contribution in [1.29, 1.82) is 0 Å². The number of nitrogens with one attached hydrogen (secondary N) is 2. The molecule has 1 heterocycles. The van der Waals surface area contributed by atoms with Crippen molar-refractivity contribution in [2.24, 2.45) is 5.92 Å². The molecule has 0 saturated heterocycles. The molecule has 7 nitrogen and oxygen atoms in total. The molecule has 180 valence electrons. The molecule has 34 heavy (non-hydrogen) atoms. The van der Waals surface area contributed by atoms with Gasteiger partial charge in [0.05, 0.1) is 24.6 Å². The van der Waals surface area contributed by atoms with E-state index in [1.807, 2.05) is 13.8 Å². The minimum atomic E-state index is -4.51. The summed E-state index contributed by atoms with van der Waals surface area (Å²) in [6.07, 6.45) is -3.18. The van der Waals surface area contributed by atoms with Crippen molar-refractivity contribution >= 4 is 17.5 Å². The van der Waals surface area contributed by atoms with Crippen LogP contribution in [0.5, 0.6) is 5.75 Å². The van der Waals surface area contributed by atoms with E-state index in [4.69, 9.17) is 4.74 Å². The Morgan fingerprint density at radius 3 is 2.47 bits per heavy atom. The summed E-state index contributed by atoms with van der Waals surface area (Å²) in [4.78, 5) is 25.2. The highest BCUT2D eigenvalue weighted by atomic mass is 19.4. The number of amides is 2. The van der Waals surface area contributed by atoms with Crippen molar-refractivity contribution in [1.82, 2.24) is 15.1 Å². The number of hydrogen-bond donors (Lipinski definition) is 2. The number of rotatable bonds is 7. The molecule has 0 radical (unpaired) electrons. The maximum Gasteiger partial charge on any atom is 0.416 e. The lowest BCUT2D eigenvalue weighted by atomic mass is 10.1. The minimum Gasteiger partial charge on any atom is -0.493 e. The van der Waals surface area contributed by atoms with Crippen molar-refractivity contribution in [3.63, 3.8) is 0 Å². The number of nitrogens with zero attached hydrogens (tertiary/aromatic N) is 2. The molecule has 3 aromatic rings. The molecule has 1 aromatic heterocycles. The molecule has 0 aliphatic rings. The van der Waals surface area contributed by atoms with Crippen LogP contribution in [0.4, 0.5) is 18.9 Å². The molecule has 0 bridgehead atoms. The van der Waals surface area contributed by atoms with Gasteiger partial charge in [-0.15, -0.1) is 0 Å². The molecule has 10 heteroatoms. The first-order valence-electron chi connectivity index (χ1n) is 10.5. The third-order valence-electron chi connectivity index (χ3n) is 4.96. The number of methoxy groups -OCH3 is 1. The first-order valence-corrected chi connectivity index (χ1v) is 10.5. The molecule has 3 rings (SSSR count). The fourth-order valence-electron chi connectivity index (χ4n) is 3.15. The van der Waals surface area contributed by atoms with Gasteiger partial charge in [-0.25, -0.2) is 4.68 Å². The van der Waals surface area contributed by atoms with Crippen LogP contribution < -0.4 is 15.4 Å². The average Bonchev–Trinajstić information content (AvgIpc) is 3.23. The number of anilines is 1. The van der Waals surface area contributed by atoms with Crippen molar-refractivity contribution in [3.8, 4) is 11.4 Å². The lowest BCUT2D eigenvalue weighted by Gasteiger charge is -2.11. The largest absolute Gasteiger partial charge is 0.493 e. The van der Waals surface area contributed by atoms with Gasteiger partial charge in [0, 0.05) is 17.8 Å². The number of aromatic nitrogens is 2. The Kier molecular flexibility index (Phi) is 7.29. The van der Waals surface area contributed by atoms with E-state index in [0.717, 1.165) is 16.8 Å². The van der Waals surface area contributed by atoms with Gasteiger partial charge in [0.15, 0.2) is 11.4 Å². The van der Waals surface area contributed by atoms with Crippen LogP contribution in [0.25, 0.3) is 5.69 Å². The van der Waals surface area contributed by atoms with E-state index in [0.29, 0.717) is 29.3 Å². The summed E-state index contributed by atoms with van der Waals surface area (Å²) in [5.74, 6) is -0.412. The van der Waals surface area contributed by atoms with E-state index in [9.17, 15) is 22.8 Å². The Balaban J connectivity index is 1.82. The van der Waals surface area contributed by atoms with E-state index in [-0.39, 0.29) is 23.0 Å². The lowest BCUT2D eigenvalue weighted by molar-refractivity contribution is -0.137. The molecule has 0 unspecified atom stereocenters. The molecule has 2 N–H and O–H groups in total. The summed E-state index contributed by atoms with van der Waals surface area (Å²) in [6.45, 7) is 6.28. The smallest absolute Gasteiger partial charge is 0.416 e. The predicted octanol–water partition coefficient (Wildman–Crippen LogP) is 4.85. The van der Waals surface area contributed by atoms with E-state index >= 15 is 0 Å². The van der Waals surface area contributed by atoms with Crippen LogP contribution in [0.15, 0.2) is 48.7 Å². The van der Waals surface area contributed by atoms with Gasteiger partial charge in [0.1, 0.15) is 0 Å². The first kappa shape index (κ1) is 24.8. The van der Waals surface area contributed by atoms with Gasteiger partial charge < -0.3 is 15.4 Å². The van der Waals surface area contributed by atoms with Crippen LogP contribution in [-0.4, -0.2) is 35.2 Å². The normalized spacial score (nSPS) is 11.4. The van der Waals surface area contributed by atoms with E-state index in [1.165, 1.54) is 25.4 Å². The highest BCUT2D eigenvalue weighted by molar-refractivity contribution is 6.05. The van der Waals surface area contributed by atoms with Crippen molar-refractivity contribution in [2.75, 3.05) is 19.0 Å². The van der Waals surface area contributed by atoms with E-state index < -0.39 is 17.6 Å². The van der Waals surface area contributed by atoms with Gasteiger partial charge in [-0.05, 0) is 54.8 Å². The number of halogens is 3. The summed E-state index contributed by atoms with van der Waals surface area (Å²) >= 11 is 0. The molecule has 0 atom stereocenters. The van der Waals surface area contributed by atoms with Crippen LogP contribution >= 0.6 is 0 Å². The second-order valence-corrected chi connectivity index (χ2v) is 8.13. The second kappa shape index (κ2) is 9.98. The molecule has 0 saturated carbocycles. The van der Waals surface area contributed by atoms with E-state index in [2.05, 4.69) is 15.7 Å². The Morgan fingerprint density at radius 1 is 1.12 bits per heavy atom. The number of hydrogen-bond acceptors (Lipinski definition) is 4. The number of alkyl halides is 3. The molecule has 0 aliphatic heterocycles. The van der Waals surface area contributed by atoms with Gasteiger partial charge in [-0.1, -0.05) is 19.9 Å². The van der Waals surface area contributed by atoms with Crippen LogP contribution in [-0.2, 0) is 6.18 Å². The zero-order valence-corrected chi connectivity index (χ0v) is 19.2. The zero-order chi connectivity index (χ0) is 25.0. The number of carbonyl (C=O) groups excluding carboxylic acids is 2. The van der Waals surface area contributed by atoms with Crippen LogP contribution in [0, 0.1) is 12.8 Å². The molecular formula is C24H25F3N4O3. The van der Waals surface area contributed by atoms with Gasteiger partial charge in [0.25, 0.3) is 11.8 Å². The molecule has 0 aliphatic carbocycles. The summed E-state index contributed by atoms with van der Waals surface area (Å²) < 4.78 is 45.5. The highest BCUT2D eigenvalue weighted by Crippen LogP contribution is 2.31. The molecule has 0 spiro atoms. The number of aryl methyl sites for hydroxylation is 1. The minimum absolute atomic E-state index is 0.0947. The Morgan fingerprint density at radius 2 is 1.85 bits per heavy atom. The SMILES string of the molecule is COc1cn(-c2cccc(C(F)(F)F)c2)nc1C(=O)Nc1ccc(C(=O)NCC(C)C)cc1C. The van der Waals surface area contributed by atoms with Crippen molar-refractivity contribution < 1.29 is 27.5 Å². The van der Waals surface area contributed by atoms with Gasteiger partial charge in [0.2, 0.25) is 0 Å². The van der Waals surface area contributed by atoms with Crippen molar-refractivity contribution in [2.45, 2.75) is 26.9 Å². The number of ether oxygens (including phenoxy) is 1. The molecule has 0 fully saturated rings. The van der Waals surface area contributed by atoms with E-state index in [1.54, 1.807) is 25.1 Å². The van der Waals surface area contributed by atoms with Crippen LogP contribution in [0.3, 0.4) is 0 Å². The van der Waals surface area contributed by atoms with Gasteiger partial charge >= 0.3 is 6.18 Å². The standard InChI is InChI=1S/C24H25F3N4O3/c1-14(2)12-28-22(32)16-8-9-19(15(3)10-16)29-23(33)21-20(34-4)13-31(30-21)18-7-5-6-17(11-18)24(25,26)27/h5-11,13-14H,12H2,1-4H3,(H,28,32)(H,29,33). The predicted molar refractivity (Wildman–Crippen MR) is 121 cm³/mol. The molecule has 2 amide bonds. The quantitative estimate of drug-likeness (QED) is 0.513. The third kappa shape index (κ3) is 5.75. The number of carbonyl (C=O) groups is 2. The molecular weight excluding hydrogens is 449 g/mol. The fourth-order valence-corrected chi connectivity index (χ4v) is 3.15. The monoisotopic (exact) mass is 474 g/mol. The maximum atomic E-state index is 13.1. The van der Waals surface area contributed by atoms with Crippen molar-refractivity contribution in [3.05, 3.63) is 71.0 Å². The summed E-state index contributed by atoms with van der Waals surface area (Å²) in [7, 11) is 1.33. The lowest BCUT2D eigenvalue weighted by Crippen LogP contribution is -2.27. The summed E-state index contributed by atoms with van der Waals surface area (Å²) in [6, 6.07) is 9.44. The zero-order valence-electron chi connectivity index (χ0n) is 19.2. The first-order chi connectivity index (χ1) is 16.0. The maximum absolute atomic E-state index is 13.1. The Labute approximate surface area is 194 Å². The topological polar surface area (TPSA) is 85.2 Å². The fraction of sp³-hybridized carbons (Fsp3) is 0.292. The van der Waals surface area contributed by atoms with Crippen LogP contribution in [0.1, 0.15) is 45.8 Å². The highest BCUT2D eigenvalue weighted by Gasteiger charge is 2.31. The summed E-state index contributed by atoms with van der Waals surface area (Å²) in [5, 5.41) is 9.68. The summed E-state index contributed by atoms with van der Waals surface area (Å²) in [5.41, 5.74) is 0.766. The average molecular weight is 474 g/mol. The van der Waals surface area contributed by atoms with Gasteiger partial charge in [-0.2, -0.15) is 18.3 Å². The number of benzene rings is 2. The second-order valence-electron chi connectivity index (χ2n) is 8.13. The Hall–Kier alpha value is -3.82. The van der Waals surface area contributed by atoms with Gasteiger partial charge in [-0.3, -0.25) is 9.59 Å². The molecule has 2 aromatic carbocycles.